The number of carboxylic acid groups (broad SMARTS) is 1. The lowest BCUT2D eigenvalue weighted by Crippen LogP contribution is -2.58. The number of ketones is 1. The van der Waals surface area contributed by atoms with Crippen LogP contribution in [0.1, 0.15) is 47.0 Å². The zero-order valence-electron chi connectivity index (χ0n) is 22.9. The summed E-state index contributed by atoms with van der Waals surface area (Å²) >= 11 is 13.4. The van der Waals surface area contributed by atoms with Crippen molar-refractivity contribution in [1.29, 1.82) is 0 Å². The van der Waals surface area contributed by atoms with Crippen molar-refractivity contribution in [2.75, 3.05) is 6.54 Å². The van der Waals surface area contributed by atoms with Crippen LogP contribution in [0.4, 0.5) is 0 Å². The molecular weight excluding hydrogens is 597 g/mol. The van der Waals surface area contributed by atoms with Crippen molar-refractivity contribution in [2.24, 2.45) is 5.41 Å². The van der Waals surface area contributed by atoms with Crippen LogP contribution in [0, 0.1) is 5.41 Å². The number of rotatable bonds is 11. The number of aliphatic carboxylic acids is 1. The fourth-order valence-electron chi connectivity index (χ4n) is 4.42. The van der Waals surface area contributed by atoms with Crippen molar-refractivity contribution >= 4 is 64.4 Å². The molecule has 1 aromatic heterocycles. The van der Waals surface area contributed by atoms with Crippen molar-refractivity contribution in [1.82, 2.24) is 35.7 Å². The number of likely N-dealkylation sites (tertiary alicyclic amines) is 1. The third kappa shape index (κ3) is 8.39. The smallest absolute Gasteiger partial charge is 0.305 e. The zero-order chi connectivity index (χ0) is 30.5. The maximum Gasteiger partial charge on any atom is 0.305 e. The SMILES string of the molecule is CC(=O)N[C@@H]1C(=O)N([C@@H](C)C(=O)NC(CC(=O)O)C(=O)Cn2nnc(Sc3c(Cl)cccc3Cl)n2)CCCC1(C)C. The lowest BCUT2D eigenvalue weighted by atomic mass is 9.80. The highest BCUT2D eigenvalue weighted by molar-refractivity contribution is 7.99. The van der Waals surface area contributed by atoms with Gasteiger partial charge in [-0.2, -0.15) is 4.80 Å². The van der Waals surface area contributed by atoms with E-state index in [1.165, 1.54) is 18.7 Å². The second-order valence-corrected chi connectivity index (χ2v) is 12.1. The first-order valence-electron chi connectivity index (χ1n) is 12.7. The van der Waals surface area contributed by atoms with Gasteiger partial charge in [0.2, 0.25) is 22.9 Å². The molecule has 16 heteroatoms. The number of hydrogen-bond donors (Lipinski definition) is 3. The van der Waals surface area contributed by atoms with Gasteiger partial charge in [0.05, 0.1) is 21.4 Å². The van der Waals surface area contributed by atoms with Crippen LogP contribution in [0.15, 0.2) is 28.3 Å². The molecule has 3 N–H and O–H groups in total. The number of benzene rings is 1. The molecule has 1 saturated heterocycles. The number of nitrogens with one attached hydrogen (secondary N) is 2. The largest absolute Gasteiger partial charge is 0.481 e. The van der Waals surface area contributed by atoms with Gasteiger partial charge in [-0.1, -0.05) is 43.1 Å². The van der Waals surface area contributed by atoms with Gasteiger partial charge >= 0.3 is 5.97 Å². The Morgan fingerprint density at radius 3 is 2.49 bits per heavy atom. The van der Waals surface area contributed by atoms with Gasteiger partial charge in [-0.25, -0.2) is 0 Å². The summed E-state index contributed by atoms with van der Waals surface area (Å²) in [5, 5.41) is 27.3. The molecule has 0 spiro atoms. The molecule has 3 atom stereocenters. The molecule has 1 aromatic carbocycles. The maximum absolute atomic E-state index is 13.4. The number of nitrogens with zero attached hydrogens (tertiary/aromatic N) is 5. The van der Waals surface area contributed by atoms with Crippen molar-refractivity contribution in [3.05, 3.63) is 28.2 Å². The topological polar surface area (TPSA) is 176 Å². The fourth-order valence-corrected chi connectivity index (χ4v) is 5.77. The third-order valence-electron chi connectivity index (χ3n) is 6.65. The number of carbonyl (C=O) groups excluding carboxylic acids is 4. The molecule has 13 nitrogen and oxygen atoms in total. The molecule has 3 amide bonds. The Morgan fingerprint density at radius 2 is 1.88 bits per heavy atom. The second-order valence-electron chi connectivity index (χ2n) is 10.3. The number of carboxylic acids is 1. The minimum Gasteiger partial charge on any atom is -0.481 e. The predicted octanol–water partition coefficient (Wildman–Crippen LogP) is 2.20. The van der Waals surface area contributed by atoms with E-state index in [-0.39, 0.29) is 17.6 Å². The molecule has 222 valence electrons. The van der Waals surface area contributed by atoms with Gasteiger partial charge in [0.25, 0.3) is 0 Å². The molecule has 1 unspecified atom stereocenters. The number of carbonyl (C=O) groups is 5. The number of Topliss-reactive ketones (excluding diaryl/α,β-unsaturated/α-hetero) is 1. The van der Waals surface area contributed by atoms with Crippen molar-refractivity contribution in [3.8, 4) is 0 Å². The van der Waals surface area contributed by atoms with Gasteiger partial charge in [-0.3, -0.25) is 24.0 Å². The summed E-state index contributed by atoms with van der Waals surface area (Å²) in [5.74, 6) is -3.51. The molecule has 0 aliphatic carbocycles. The molecule has 1 fully saturated rings. The van der Waals surface area contributed by atoms with Gasteiger partial charge in [0.1, 0.15) is 24.7 Å². The van der Waals surface area contributed by atoms with Crippen LogP contribution in [0.2, 0.25) is 10.0 Å². The van der Waals surface area contributed by atoms with E-state index in [0.717, 1.165) is 16.6 Å². The summed E-state index contributed by atoms with van der Waals surface area (Å²) in [6.45, 7) is 6.31. The van der Waals surface area contributed by atoms with Crippen LogP contribution in [0.25, 0.3) is 0 Å². The Labute approximate surface area is 250 Å². The van der Waals surface area contributed by atoms with Crippen LogP contribution in [-0.2, 0) is 30.5 Å². The van der Waals surface area contributed by atoms with Gasteiger partial charge in [0, 0.05) is 13.5 Å². The summed E-state index contributed by atoms with van der Waals surface area (Å²) in [4.78, 5) is 65.7. The van der Waals surface area contributed by atoms with E-state index in [1.54, 1.807) is 18.2 Å². The average molecular weight is 629 g/mol. The van der Waals surface area contributed by atoms with Gasteiger partial charge in [-0.05, 0) is 54.3 Å². The van der Waals surface area contributed by atoms with Crippen molar-refractivity contribution < 1.29 is 29.1 Å². The minimum atomic E-state index is -1.42. The number of aromatic nitrogens is 4. The fraction of sp³-hybridized carbons (Fsp3) is 0.520. The van der Waals surface area contributed by atoms with E-state index in [2.05, 4.69) is 26.0 Å². The summed E-state index contributed by atoms with van der Waals surface area (Å²) in [7, 11) is 0. The van der Waals surface area contributed by atoms with E-state index >= 15 is 0 Å². The predicted molar refractivity (Wildman–Crippen MR) is 149 cm³/mol. The van der Waals surface area contributed by atoms with E-state index < -0.39 is 60.1 Å². The summed E-state index contributed by atoms with van der Waals surface area (Å²) in [6, 6.07) is 1.66. The van der Waals surface area contributed by atoms with E-state index in [0.29, 0.717) is 27.8 Å². The van der Waals surface area contributed by atoms with Crippen LogP contribution in [0.3, 0.4) is 0 Å². The Balaban J connectivity index is 1.71. The molecular formula is C25H31Cl2N7O6S. The van der Waals surface area contributed by atoms with Crippen LogP contribution >= 0.6 is 35.0 Å². The lowest BCUT2D eigenvalue weighted by molar-refractivity contribution is -0.145. The van der Waals surface area contributed by atoms with E-state index in [1.807, 2.05) is 13.8 Å². The lowest BCUT2D eigenvalue weighted by Gasteiger charge is -2.35. The Morgan fingerprint density at radius 1 is 1.22 bits per heavy atom. The second kappa shape index (κ2) is 13.6. The molecule has 2 aromatic rings. The van der Waals surface area contributed by atoms with Crippen molar-refractivity contribution in [2.45, 2.75) is 81.7 Å². The van der Waals surface area contributed by atoms with E-state index in [4.69, 9.17) is 23.2 Å². The highest BCUT2D eigenvalue weighted by Gasteiger charge is 2.43. The molecule has 0 bridgehead atoms. The molecule has 1 aliphatic rings. The molecule has 0 radical (unpaired) electrons. The molecule has 2 heterocycles. The van der Waals surface area contributed by atoms with Crippen molar-refractivity contribution in [3.63, 3.8) is 0 Å². The average Bonchev–Trinajstić information content (AvgIpc) is 3.28. The number of halogens is 2. The standard InChI is InChI=1S/C25H31Cl2N7O6S/c1-13(33-10-6-9-25(3,4)21(23(33)40)28-14(2)35)22(39)29-17(11-19(37)38)18(36)12-34-31-24(30-32-34)41-20-15(26)7-5-8-16(20)27/h5,7-8,13,17,21H,6,9-12H2,1-4H3,(H,28,35)(H,29,39)(H,37,38)/t13-,17?,21+/m0/s1. The monoisotopic (exact) mass is 627 g/mol. The normalized spacial score (nSPS) is 18.2. The number of amides is 3. The third-order valence-corrected chi connectivity index (χ3v) is 8.50. The summed E-state index contributed by atoms with van der Waals surface area (Å²) in [6.07, 6.45) is 0.516. The van der Waals surface area contributed by atoms with Crippen LogP contribution < -0.4 is 10.6 Å². The van der Waals surface area contributed by atoms with Gasteiger partial charge < -0.3 is 20.6 Å². The molecule has 3 rings (SSSR count). The first kappa shape index (κ1) is 32.3. The Bertz CT molecular complexity index is 1320. The first-order chi connectivity index (χ1) is 19.2. The van der Waals surface area contributed by atoms with Crippen LogP contribution in [-0.4, -0.2) is 84.4 Å². The summed E-state index contributed by atoms with van der Waals surface area (Å²) < 4.78 is 0. The van der Waals surface area contributed by atoms with Crippen LogP contribution in [0.5, 0.6) is 0 Å². The first-order valence-corrected chi connectivity index (χ1v) is 14.3. The highest BCUT2D eigenvalue weighted by Crippen LogP contribution is 2.36. The Kier molecular flexibility index (Phi) is 10.7. The zero-order valence-corrected chi connectivity index (χ0v) is 25.2. The molecule has 1 aliphatic heterocycles. The minimum absolute atomic E-state index is 0.150. The van der Waals surface area contributed by atoms with Gasteiger partial charge in [-0.15, -0.1) is 10.2 Å². The molecule has 0 saturated carbocycles. The number of tetrazole rings is 1. The molecule has 41 heavy (non-hydrogen) atoms. The highest BCUT2D eigenvalue weighted by atomic mass is 35.5. The Hall–Kier alpha value is -3.23. The quantitative estimate of drug-likeness (QED) is 0.334. The van der Waals surface area contributed by atoms with Gasteiger partial charge in [0.15, 0.2) is 5.78 Å². The van der Waals surface area contributed by atoms with E-state index in [9.17, 15) is 29.1 Å². The number of hydrogen-bond acceptors (Lipinski definition) is 9. The maximum atomic E-state index is 13.4. The summed E-state index contributed by atoms with van der Waals surface area (Å²) in [5.41, 5.74) is -0.547.